The van der Waals surface area contributed by atoms with Gasteiger partial charge in [-0.25, -0.2) is 18.4 Å². The van der Waals surface area contributed by atoms with Gasteiger partial charge in [0.2, 0.25) is 11.9 Å². The third-order valence-electron chi connectivity index (χ3n) is 7.16. The van der Waals surface area contributed by atoms with Gasteiger partial charge in [-0.1, -0.05) is 61.0 Å². The molecule has 2 aromatic rings. The summed E-state index contributed by atoms with van der Waals surface area (Å²) in [5, 5.41) is 15.1. The van der Waals surface area contributed by atoms with Crippen LogP contribution < -0.4 is 10.6 Å². The zero-order chi connectivity index (χ0) is 28.4. The molecule has 39 heavy (non-hydrogen) atoms. The molecule has 1 saturated heterocycles. The molecular weight excluding hydrogens is 534 g/mol. The number of rotatable bonds is 5. The fourth-order valence-corrected chi connectivity index (χ4v) is 5.41. The fraction of sp³-hybridized carbons (Fsp3) is 0.407. The van der Waals surface area contributed by atoms with Crippen LogP contribution in [0.3, 0.4) is 0 Å². The van der Waals surface area contributed by atoms with Crippen molar-refractivity contribution in [2.75, 3.05) is 5.32 Å². The number of carboxylic acid groups (broad SMARTS) is 1. The van der Waals surface area contributed by atoms with Crippen LogP contribution in [0.2, 0.25) is 5.02 Å². The molecule has 9 nitrogen and oxygen atoms in total. The molecule has 3 amide bonds. The average molecular weight is 563 g/mol. The second-order valence-electron chi connectivity index (χ2n) is 10.1. The molecule has 4 rings (SSSR count). The first-order valence-electron chi connectivity index (χ1n) is 12.5. The largest absolute Gasteiger partial charge is 0.463 e. The minimum atomic E-state index is -2.86. The number of hydrogen-bond donors (Lipinski definition) is 3. The van der Waals surface area contributed by atoms with Gasteiger partial charge in [-0.15, -0.1) is 4.99 Å². The number of guanidine groups is 1. The van der Waals surface area contributed by atoms with Crippen molar-refractivity contribution in [1.29, 1.82) is 0 Å². The highest BCUT2D eigenvalue weighted by molar-refractivity contribution is 6.34. The fourth-order valence-electron chi connectivity index (χ4n) is 5.03. The lowest BCUT2D eigenvalue weighted by molar-refractivity contribution is -0.137. The van der Waals surface area contributed by atoms with Gasteiger partial charge < -0.3 is 15.2 Å². The van der Waals surface area contributed by atoms with Crippen molar-refractivity contribution in [3.63, 3.8) is 0 Å². The third-order valence-corrected chi connectivity index (χ3v) is 7.56. The highest BCUT2D eigenvalue weighted by atomic mass is 35.5. The van der Waals surface area contributed by atoms with E-state index in [1.807, 2.05) is 30.3 Å². The Kier molecular flexibility index (Phi) is 8.10. The number of aliphatic imine (C=N–C) groups is 1. The summed E-state index contributed by atoms with van der Waals surface area (Å²) in [6, 6.07) is 13.3. The van der Waals surface area contributed by atoms with Crippen molar-refractivity contribution in [2.24, 2.45) is 10.9 Å². The summed E-state index contributed by atoms with van der Waals surface area (Å²) >= 11 is 6.66. The van der Waals surface area contributed by atoms with E-state index in [9.17, 15) is 28.3 Å². The summed E-state index contributed by atoms with van der Waals surface area (Å²) in [7, 11) is 0. The first kappa shape index (κ1) is 28.3. The summed E-state index contributed by atoms with van der Waals surface area (Å²) in [5.41, 5.74) is 0.218. The van der Waals surface area contributed by atoms with Crippen LogP contribution in [0.4, 0.5) is 24.1 Å². The molecular formula is C27H29ClF2N4O5. The molecule has 1 saturated carbocycles. The predicted octanol–water partition coefficient (Wildman–Crippen LogP) is 5.98. The molecule has 0 aromatic heterocycles. The minimum Gasteiger partial charge on any atom is -0.463 e. The van der Waals surface area contributed by atoms with Gasteiger partial charge in [0.15, 0.2) is 0 Å². The Morgan fingerprint density at radius 2 is 1.95 bits per heavy atom. The number of benzene rings is 2. The maximum atomic E-state index is 14.1. The van der Waals surface area contributed by atoms with E-state index in [-0.39, 0.29) is 42.5 Å². The van der Waals surface area contributed by atoms with Crippen molar-refractivity contribution in [3.8, 4) is 0 Å². The molecule has 3 N–H and O–H groups in total. The van der Waals surface area contributed by atoms with Crippen LogP contribution in [-0.2, 0) is 21.7 Å². The van der Waals surface area contributed by atoms with E-state index in [1.54, 1.807) is 25.1 Å². The molecule has 3 atom stereocenters. The molecule has 0 spiro atoms. The summed E-state index contributed by atoms with van der Waals surface area (Å²) in [6.07, 6.45) is -2.85. The van der Waals surface area contributed by atoms with Crippen LogP contribution in [-0.4, -0.2) is 46.0 Å². The summed E-state index contributed by atoms with van der Waals surface area (Å²) in [5.74, 6) is -4.57. The van der Waals surface area contributed by atoms with Crippen molar-refractivity contribution in [2.45, 2.75) is 63.6 Å². The smallest absolute Gasteiger partial charge is 0.434 e. The number of amides is 3. The quantitative estimate of drug-likeness (QED) is 0.412. The maximum Gasteiger partial charge on any atom is 0.434 e. The Morgan fingerprint density at radius 3 is 2.62 bits per heavy atom. The molecule has 1 aliphatic carbocycles. The molecule has 1 aliphatic heterocycles. The first-order chi connectivity index (χ1) is 18.4. The van der Waals surface area contributed by atoms with Crippen LogP contribution in [0.15, 0.2) is 53.5 Å². The Labute approximate surface area is 229 Å². The SMILES string of the molecule is CC1CC(N2C(=O)C[C@@](C)(c3cccc(NC(=O)OCc4ccccc4)c3Cl)N/C2=N\C(=O)O)CCC1(F)F. The first-order valence-corrected chi connectivity index (χ1v) is 12.8. The third kappa shape index (κ3) is 6.30. The van der Waals surface area contributed by atoms with Crippen LogP contribution in [0, 0.1) is 5.92 Å². The minimum absolute atomic E-state index is 0.00102. The predicted molar refractivity (Wildman–Crippen MR) is 141 cm³/mol. The number of nitrogens with zero attached hydrogens (tertiary/aromatic N) is 2. The number of ether oxygens (including phenoxy) is 1. The average Bonchev–Trinajstić information content (AvgIpc) is 2.86. The molecule has 208 valence electrons. The summed E-state index contributed by atoms with van der Waals surface area (Å²) in [4.78, 5) is 42.2. The number of carbonyl (C=O) groups is 3. The van der Waals surface area contributed by atoms with E-state index in [0.29, 0.717) is 5.56 Å². The van der Waals surface area contributed by atoms with E-state index in [0.717, 1.165) is 5.56 Å². The molecule has 1 heterocycles. The van der Waals surface area contributed by atoms with E-state index in [4.69, 9.17) is 16.3 Å². The Hall–Kier alpha value is -3.73. The lowest BCUT2D eigenvalue weighted by Gasteiger charge is -2.46. The molecule has 2 aromatic carbocycles. The van der Waals surface area contributed by atoms with Gasteiger partial charge in [0.05, 0.1) is 22.7 Å². The molecule has 12 heteroatoms. The molecule has 0 radical (unpaired) electrons. The van der Waals surface area contributed by atoms with Crippen LogP contribution in [0.25, 0.3) is 0 Å². The number of carbonyl (C=O) groups excluding carboxylic acids is 2. The number of halogens is 3. The lowest BCUT2D eigenvalue weighted by atomic mass is 9.81. The van der Waals surface area contributed by atoms with E-state index >= 15 is 0 Å². The van der Waals surface area contributed by atoms with Crippen LogP contribution in [0.1, 0.15) is 50.7 Å². The zero-order valence-electron chi connectivity index (χ0n) is 21.4. The van der Waals surface area contributed by atoms with Gasteiger partial charge in [0, 0.05) is 18.4 Å². The van der Waals surface area contributed by atoms with Gasteiger partial charge in [-0.05, 0) is 37.0 Å². The number of anilines is 1. The van der Waals surface area contributed by atoms with Crippen molar-refractivity contribution in [3.05, 3.63) is 64.7 Å². The van der Waals surface area contributed by atoms with Gasteiger partial charge in [-0.2, -0.15) is 0 Å². The van der Waals surface area contributed by atoms with Gasteiger partial charge >= 0.3 is 12.2 Å². The lowest BCUT2D eigenvalue weighted by Crippen LogP contribution is -2.63. The molecule has 2 unspecified atom stereocenters. The monoisotopic (exact) mass is 562 g/mol. The standard InChI is InChI=1S/C27H29ClF2N4O5/c1-16-13-18(11-12-27(16,29)30)34-21(35)14-26(2,33-23(34)32-24(36)37)19-9-6-10-20(22(19)28)31-25(38)39-15-17-7-4-3-5-8-17/h3-10,16,18H,11-15H2,1-2H3,(H,31,38)(H,32,33)(H,36,37)/t16?,18?,26-/m0/s1. The molecule has 2 aliphatic rings. The summed E-state index contributed by atoms with van der Waals surface area (Å²) in [6.45, 7) is 3.11. The highest BCUT2D eigenvalue weighted by Gasteiger charge is 2.49. The number of alkyl halides is 2. The zero-order valence-corrected chi connectivity index (χ0v) is 22.2. The second-order valence-corrected chi connectivity index (χ2v) is 10.4. The Balaban J connectivity index is 1.55. The van der Waals surface area contributed by atoms with E-state index in [2.05, 4.69) is 15.6 Å². The highest BCUT2D eigenvalue weighted by Crippen LogP contribution is 2.42. The maximum absolute atomic E-state index is 14.1. The normalized spacial score (nSPS) is 25.6. The second kappa shape index (κ2) is 11.2. The topological polar surface area (TPSA) is 120 Å². The van der Waals surface area contributed by atoms with Gasteiger partial charge in [0.1, 0.15) is 6.61 Å². The van der Waals surface area contributed by atoms with E-state index in [1.165, 1.54) is 11.8 Å². The van der Waals surface area contributed by atoms with E-state index < -0.39 is 47.9 Å². The van der Waals surface area contributed by atoms with Gasteiger partial charge in [0.25, 0.3) is 5.92 Å². The van der Waals surface area contributed by atoms with Crippen molar-refractivity contribution < 1.29 is 33.0 Å². The van der Waals surface area contributed by atoms with Crippen LogP contribution >= 0.6 is 11.6 Å². The number of nitrogens with one attached hydrogen (secondary N) is 2. The van der Waals surface area contributed by atoms with Crippen molar-refractivity contribution >= 4 is 41.3 Å². The summed E-state index contributed by atoms with van der Waals surface area (Å²) < 4.78 is 33.5. The number of hydrogen-bond acceptors (Lipinski definition) is 4. The Morgan fingerprint density at radius 1 is 1.23 bits per heavy atom. The Bertz CT molecular complexity index is 1290. The molecule has 0 bridgehead atoms. The van der Waals surface area contributed by atoms with Gasteiger partial charge in [-0.3, -0.25) is 15.0 Å². The van der Waals surface area contributed by atoms with Crippen LogP contribution in [0.5, 0.6) is 0 Å². The molecule has 2 fully saturated rings. The van der Waals surface area contributed by atoms with Crippen molar-refractivity contribution in [1.82, 2.24) is 10.2 Å².